The van der Waals surface area contributed by atoms with Crippen molar-refractivity contribution < 1.29 is 36.7 Å². The molecule has 174 valence electrons. The van der Waals surface area contributed by atoms with Gasteiger partial charge >= 0.3 is 12.1 Å². The van der Waals surface area contributed by atoms with Crippen molar-refractivity contribution in [3.63, 3.8) is 0 Å². The van der Waals surface area contributed by atoms with Gasteiger partial charge in [0.2, 0.25) is 11.7 Å². The molecule has 1 aromatic heterocycles. The Labute approximate surface area is 180 Å². The van der Waals surface area contributed by atoms with Gasteiger partial charge in [0.15, 0.2) is 12.3 Å². The fourth-order valence-electron chi connectivity index (χ4n) is 2.56. The number of hydrogen-bond donors (Lipinski definition) is 2. The second-order valence-corrected chi connectivity index (χ2v) is 7.98. The lowest BCUT2D eigenvalue weighted by Crippen LogP contribution is -2.34. The molecule has 1 amide bonds. The summed E-state index contributed by atoms with van der Waals surface area (Å²) in [6.45, 7) is 4.09. The molecular weight excluding hydrogens is 436 g/mol. The normalized spacial score (nSPS) is 11.9. The van der Waals surface area contributed by atoms with E-state index in [1.54, 1.807) is 20.8 Å². The van der Waals surface area contributed by atoms with Gasteiger partial charge in [-0.15, -0.1) is 0 Å². The molecule has 0 fully saturated rings. The highest BCUT2D eigenvalue weighted by Gasteiger charge is 2.41. The van der Waals surface area contributed by atoms with Crippen LogP contribution in [0.3, 0.4) is 0 Å². The molecule has 0 saturated heterocycles. The molecule has 2 aromatic rings. The topological polar surface area (TPSA) is 116 Å². The van der Waals surface area contributed by atoms with Crippen molar-refractivity contribution in [1.29, 1.82) is 0 Å². The number of carbonyl (C=O) groups excluding carboxylic acids is 3. The minimum atomic E-state index is -4.98. The Kier molecular flexibility index (Phi) is 6.96. The minimum Gasteiger partial charge on any atom is -0.454 e. The Bertz CT molecular complexity index is 1060. The van der Waals surface area contributed by atoms with Crippen LogP contribution in [0.2, 0.25) is 0 Å². The van der Waals surface area contributed by atoms with Gasteiger partial charge in [-0.05, 0) is 17.7 Å². The van der Waals surface area contributed by atoms with Gasteiger partial charge in [-0.3, -0.25) is 14.3 Å². The van der Waals surface area contributed by atoms with E-state index in [-0.39, 0.29) is 12.5 Å². The van der Waals surface area contributed by atoms with Crippen LogP contribution in [0.15, 0.2) is 18.2 Å². The molecule has 0 aliphatic heterocycles. The summed E-state index contributed by atoms with van der Waals surface area (Å²) >= 11 is 0. The van der Waals surface area contributed by atoms with Gasteiger partial charge in [-0.1, -0.05) is 26.8 Å². The first kappa shape index (κ1) is 24.8. The van der Waals surface area contributed by atoms with Crippen molar-refractivity contribution in [3.8, 4) is 0 Å². The molecule has 0 spiro atoms. The number of alkyl halides is 3. The summed E-state index contributed by atoms with van der Waals surface area (Å²) in [6.07, 6.45) is -4.98. The number of Topliss-reactive ketones (excluding diaryl/α,β-unsaturated/α-hetero) is 1. The molecular formula is C20H22F4N4O4. The molecule has 0 saturated carbocycles. The van der Waals surface area contributed by atoms with Crippen molar-refractivity contribution in [1.82, 2.24) is 15.1 Å². The quantitative estimate of drug-likeness (QED) is 0.391. The summed E-state index contributed by atoms with van der Waals surface area (Å²) in [7, 11) is 1.10. The smallest absolute Gasteiger partial charge is 0.436 e. The number of nitrogens with two attached hydrogens (primary N) is 1. The second-order valence-electron chi connectivity index (χ2n) is 7.98. The molecule has 0 bridgehead atoms. The van der Waals surface area contributed by atoms with Crippen LogP contribution in [0, 0.1) is 11.2 Å². The fourth-order valence-corrected chi connectivity index (χ4v) is 2.56. The average Bonchev–Trinajstić information content (AvgIpc) is 2.99. The molecule has 0 radical (unpaired) electrons. The van der Waals surface area contributed by atoms with Crippen molar-refractivity contribution in [2.24, 2.45) is 12.5 Å². The Morgan fingerprint density at radius 3 is 2.38 bits per heavy atom. The number of aryl methyl sites for hydroxylation is 1. The SMILES string of the molecule is Cn1nc(C(F)(F)F)c(C(=O)OCC(=O)c2cc(CNC(=O)C(C)(C)C)ccc2F)c1N. The highest BCUT2D eigenvalue weighted by Crippen LogP contribution is 2.33. The van der Waals surface area contributed by atoms with E-state index in [9.17, 15) is 31.9 Å². The van der Waals surface area contributed by atoms with E-state index in [0.29, 0.717) is 10.2 Å². The number of nitrogens with one attached hydrogen (secondary N) is 1. The highest BCUT2D eigenvalue weighted by molar-refractivity contribution is 6.01. The summed E-state index contributed by atoms with van der Waals surface area (Å²) in [5, 5.41) is 5.79. The third kappa shape index (κ3) is 5.62. The van der Waals surface area contributed by atoms with E-state index < -0.39 is 58.4 Å². The van der Waals surface area contributed by atoms with Crippen LogP contribution in [-0.2, 0) is 29.3 Å². The number of esters is 1. The van der Waals surface area contributed by atoms with E-state index in [1.807, 2.05) is 0 Å². The van der Waals surface area contributed by atoms with Gasteiger partial charge in [0, 0.05) is 19.0 Å². The Balaban J connectivity index is 2.14. The first-order chi connectivity index (χ1) is 14.6. The van der Waals surface area contributed by atoms with Gasteiger partial charge < -0.3 is 15.8 Å². The van der Waals surface area contributed by atoms with Crippen LogP contribution in [0.1, 0.15) is 52.7 Å². The number of benzene rings is 1. The average molecular weight is 458 g/mol. The predicted molar refractivity (Wildman–Crippen MR) is 105 cm³/mol. The first-order valence-corrected chi connectivity index (χ1v) is 9.29. The van der Waals surface area contributed by atoms with Crippen LogP contribution in [0.25, 0.3) is 0 Å². The lowest BCUT2D eigenvalue weighted by atomic mass is 9.95. The van der Waals surface area contributed by atoms with Gasteiger partial charge in [0.05, 0.1) is 5.56 Å². The molecule has 1 heterocycles. The second kappa shape index (κ2) is 8.97. The zero-order valence-corrected chi connectivity index (χ0v) is 17.8. The molecule has 8 nitrogen and oxygen atoms in total. The lowest BCUT2D eigenvalue weighted by molar-refractivity contribution is -0.142. The molecule has 0 atom stereocenters. The molecule has 32 heavy (non-hydrogen) atoms. The molecule has 0 aliphatic rings. The Morgan fingerprint density at radius 2 is 1.81 bits per heavy atom. The standard InChI is InChI=1S/C20H22F4N4O4/c1-19(2,3)18(31)26-8-10-5-6-12(21)11(7-10)13(29)9-32-17(30)14-15(20(22,23)24)27-28(4)16(14)25/h5-7H,8-9,25H2,1-4H3,(H,26,31). The Hall–Kier alpha value is -3.44. The predicted octanol–water partition coefficient (Wildman–Crippen LogP) is 2.86. The van der Waals surface area contributed by atoms with Crippen LogP contribution >= 0.6 is 0 Å². The van der Waals surface area contributed by atoms with E-state index in [1.165, 1.54) is 6.07 Å². The molecule has 0 aliphatic carbocycles. The van der Waals surface area contributed by atoms with Crippen molar-refractivity contribution in [2.75, 3.05) is 12.3 Å². The lowest BCUT2D eigenvalue weighted by Gasteiger charge is -2.17. The third-order valence-corrected chi connectivity index (χ3v) is 4.36. The number of hydrogen-bond acceptors (Lipinski definition) is 6. The maximum absolute atomic E-state index is 14.1. The molecule has 12 heteroatoms. The summed E-state index contributed by atoms with van der Waals surface area (Å²) < 4.78 is 58.7. The number of ether oxygens (including phenoxy) is 1. The zero-order valence-electron chi connectivity index (χ0n) is 17.8. The van der Waals surface area contributed by atoms with Gasteiger partial charge in [-0.25, -0.2) is 9.18 Å². The largest absolute Gasteiger partial charge is 0.454 e. The summed E-state index contributed by atoms with van der Waals surface area (Å²) in [6, 6.07) is 3.51. The molecule has 1 aromatic carbocycles. The third-order valence-electron chi connectivity index (χ3n) is 4.36. The molecule has 0 unspecified atom stereocenters. The number of nitrogens with zero attached hydrogens (tertiary/aromatic N) is 2. The summed E-state index contributed by atoms with van der Waals surface area (Å²) in [4.78, 5) is 36.5. The molecule has 3 N–H and O–H groups in total. The van der Waals surface area contributed by atoms with Gasteiger partial charge in [0.25, 0.3) is 0 Å². The molecule has 2 rings (SSSR count). The van der Waals surface area contributed by atoms with Gasteiger partial charge in [-0.2, -0.15) is 18.3 Å². The fraction of sp³-hybridized carbons (Fsp3) is 0.400. The van der Waals surface area contributed by atoms with Gasteiger partial charge in [0.1, 0.15) is 17.2 Å². The van der Waals surface area contributed by atoms with Crippen LogP contribution in [-0.4, -0.2) is 34.0 Å². The highest BCUT2D eigenvalue weighted by atomic mass is 19.4. The van der Waals surface area contributed by atoms with Crippen molar-refractivity contribution >= 4 is 23.5 Å². The number of aromatic nitrogens is 2. The van der Waals surface area contributed by atoms with Crippen LogP contribution in [0.4, 0.5) is 23.4 Å². The number of nitrogen functional groups attached to an aromatic ring is 1. The van der Waals surface area contributed by atoms with Crippen molar-refractivity contribution in [2.45, 2.75) is 33.5 Å². The minimum absolute atomic E-state index is 0.0115. The maximum Gasteiger partial charge on any atom is 0.436 e. The number of carbonyl (C=O) groups is 3. The van der Waals surface area contributed by atoms with Crippen LogP contribution < -0.4 is 11.1 Å². The number of anilines is 1. The summed E-state index contributed by atoms with van der Waals surface area (Å²) in [5.74, 6) is -4.30. The zero-order chi connectivity index (χ0) is 24.4. The van der Waals surface area contributed by atoms with E-state index >= 15 is 0 Å². The van der Waals surface area contributed by atoms with Crippen LogP contribution in [0.5, 0.6) is 0 Å². The van der Waals surface area contributed by atoms with E-state index in [0.717, 1.165) is 19.2 Å². The number of halogens is 4. The van der Waals surface area contributed by atoms with E-state index in [2.05, 4.69) is 15.2 Å². The monoisotopic (exact) mass is 458 g/mol. The first-order valence-electron chi connectivity index (χ1n) is 9.29. The van der Waals surface area contributed by atoms with Crippen molar-refractivity contribution in [3.05, 3.63) is 46.4 Å². The Morgan fingerprint density at radius 1 is 1.19 bits per heavy atom. The number of amides is 1. The number of rotatable bonds is 6. The summed E-state index contributed by atoms with van der Waals surface area (Å²) in [5.41, 5.74) is 2.17. The maximum atomic E-state index is 14.1. The van der Waals surface area contributed by atoms with E-state index in [4.69, 9.17) is 5.73 Å². The number of ketones is 1.